The molecule has 0 bridgehead atoms. The molecular formula is C44H54N14O6Si. The van der Waals surface area contributed by atoms with Gasteiger partial charge in [0.1, 0.15) is 23.7 Å². The first-order valence-corrected chi connectivity index (χ1v) is 22.7. The van der Waals surface area contributed by atoms with Gasteiger partial charge in [0.05, 0.1) is 83.9 Å². The van der Waals surface area contributed by atoms with Crippen LogP contribution in [0.25, 0.3) is 33.6 Å². The molecule has 6 atom stereocenters. The molecule has 21 heteroatoms. The van der Waals surface area contributed by atoms with Crippen molar-refractivity contribution in [2.45, 2.75) is 76.8 Å². The van der Waals surface area contributed by atoms with E-state index in [4.69, 9.17) is 19.4 Å². The van der Waals surface area contributed by atoms with Gasteiger partial charge in [0, 0.05) is 25.5 Å². The zero-order valence-corrected chi connectivity index (χ0v) is 39.4. The van der Waals surface area contributed by atoms with Gasteiger partial charge in [0.2, 0.25) is 11.8 Å². The Morgan fingerprint density at radius 2 is 1.12 bits per heavy atom. The lowest BCUT2D eigenvalue weighted by molar-refractivity contribution is -0.136. The first kappa shape index (κ1) is 44.4. The Kier molecular flexibility index (Phi) is 12.9. The molecule has 0 spiro atoms. The molecule has 65 heavy (non-hydrogen) atoms. The van der Waals surface area contributed by atoms with Crippen LogP contribution in [0.1, 0.15) is 76.4 Å². The predicted octanol–water partition coefficient (Wildman–Crippen LogP) is 3.10. The molecule has 0 saturated carbocycles. The van der Waals surface area contributed by atoms with E-state index < -0.39 is 36.4 Å². The van der Waals surface area contributed by atoms with Gasteiger partial charge in [0.25, 0.3) is 0 Å². The van der Waals surface area contributed by atoms with Crippen molar-refractivity contribution < 1.29 is 28.7 Å². The molecule has 4 N–H and O–H groups in total. The van der Waals surface area contributed by atoms with Crippen LogP contribution in [0.3, 0.4) is 0 Å². The van der Waals surface area contributed by atoms with Gasteiger partial charge in [0.15, 0.2) is 0 Å². The van der Waals surface area contributed by atoms with E-state index in [-0.39, 0.29) is 35.7 Å². The van der Waals surface area contributed by atoms with Gasteiger partial charge < -0.3 is 39.9 Å². The average molecular weight is 903 g/mol. The number of ether oxygens (including phenoxy) is 2. The molecule has 4 aromatic heterocycles. The molecule has 2 aliphatic rings. The third-order valence-electron chi connectivity index (χ3n) is 12.3. The SMILES string of the molecule is COC(=O)N[C@H](C(=O)N1C[C@H](n2ccnn2)C[C@H]1c1ncc(-c2ccc(-c3ccc(-c4cnc([C@@H]5C[C@@H](n6cc([SiH3])nn6)CN5C(=O)[C@@H](NC(=O)OC)C(C)C)[nH]4)cc3)cc2)[nH]1)C(C)C. The van der Waals surface area contributed by atoms with E-state index in [2.05, 4.69) is 65.5 Å². The fourth-order valence-corrected chi connectivity index (χ4v) is 9.07. The van der Waals surface area contributed by atoms with E-state index in [1.807, 2.05) is 62.8 Å². The van der Waals surface area contributed by atoms with Crippen LogP contribution in [0.5, 0.6) is 0 Å². The largest absolute Gasteiger partial charge is 0.453 e. The molecule has 2 fully saturated rings. The molecule has 8 rings (SSSR count). The summed E-state index contributed by atoms with van der Waals surface area (Å²) in [7, 11) is 3.31. The monoisotopic (exact) mass is 902 g/mol. The Hall–Kier alpha value is -7.16. The van der Waals surface area contributed by atoms with Crippen LogP contribution >= 0.6 is 0 Å². The number of nitrogens with zero attached hydrogens (tertiary/aromatic N) is 10. The molecule has 6 aromatic rings. The highest BCUT2D eigenvalue weighted by atomic mass is 28.1. The number of carbonyl (C=O) groups is 4. The molecule has 2 aliphatic heterocycles. The van der Waals surface area contributed by atoms with E-state index in [1.54, 1.807) is 39.3 Å². The number of benzene rings is 2. The number of likely N-dealkylation sites (tertiary alicyclic amines) is 2. The zero-order valence-electron chi connectivity index (χ0n) is 37.4. The second-order valence-corrected chi connectivity index (χ2v) is 18.3. The van der Waals surface area contributed by atoms with Crippen LogP contribution < -0.4 is 16.0 Å². The fourth-order valence-electron chi connectivity index (χ4n) is 8.72. The smallest absolute Gasteiger partial charge is 0.407 e. The number of methoxy groups -OCH3 is 2. The molecule has 0 unspecified atom stereocenters. The highest BCUT2D eigenvalue weighted by Crippen LogP contribution is 2.40. The number of rotatable bonds is 13. The van der Waals surface area contributed by atoms with Crippen molar-refractivity contribution in [2.75, 3.05) is 27.3 Å². The Balaban J connectivity index is 0.974. The van der Waals surface area contributed by atoms with E-state index in [0.717, 1.165) is 49.2 Å². The number of H-pyrrole nitrogens is 2. The Labute approximate surface area is 378 Å². The number of amides is 4. The molecule has 2 aromatic carbocycles. The average Bonchev–Trinajstić information content (AvgIpc) is 4.17. The molecule has 6 heterocycles. The normalized spacial score (nSPS) is 19.4. The van der Waals surface area contributed by atoms with E-state index >= 15 is 0 Å². The predicted molar refractivity (Wildman–Crippen MR) is 241 cm³/mol. The Morgan fingerprint density at radius 1 is 0.677 bits per heavy atom. The van der Waals surface area contributed by atoms with Crippen LogP contribution in [0, 0.1) is 11.8 Å². The van der Waals surface area contributed by atoms with Gasteiger partial charge in [-0.3, -0.25) is 9.59 Å². The second-order valence-electron chi connectivity index (χ2n) is 17.2. The Bertz CT molecular complexity index is 2610. The molecule has 0 radical (unpaired) electrons. The van der Waals surface area contributed by atoms with Gasteiger partial charge in [-0.05, 0) is 46.9 Å². The molecule has 0 aliphatic carbocycles. The number of nitrogens with one attached hydrogen (secondary N) is 4. The number of hydrogen-bond donors (Lipinski definition) is 4. The van der Waals surface area contributed by atoms with Crippen molar-refractivity contribution in [3.63, 3.8) is 0 Å². The van der Waals surface area contributed by atoms with Gasteiger partial charge in [-0.25, -0.2) is 28.9 Å². The summed E-state index contributed by atoms with van der Waals surface area (Å²) in [5, 5.41) is 23.1. The highest BCUT2D eigenvalue weighted by molar-refractivity contribution is 6.30. The number of imidazole rings is 2. The van der Waals surface area contributed by atoms with Crippen LogP contribution in [0.2, 0.25) is 0 Å². The van der Waals surface area contributed by atoms with Crippen LogP contribution in [-0.4, -0.2) is 133 Å². The highest BCUT2D eigenvalue weighted by Gasteiger charge is 2.44. The maximum Gasteiger partial charge on any atom is 0.407 e. The first-order valence-electron chi connectivity index (χ1n) is 21.7. The first-order chi connectivity index (χ1) is 31.3. The lowest BCUT2D eigenvalue weighted by Gasteiger charge is -2.29. The quantitative estimate of drug-likeness (QED) is 0.123. The summed E-state index contributed by atoms with van der Waals surface area (Å²) in [6.07, 6.45) is 8.66. The topological polar surface area (TPSA) is 236 Å². The van der Waals surface area contributed by atoms with Gasteiger partial charge in [-0.15, -0.1) is 10.2 Å². The molecule has 4 amide bonds. The number of carbonyl (C=O) groups excluding carboxylic acids is 4. The van der Waals surface area contributed by atoms with E-state index in [9.17, 15) is 19.2 Å². The van der Waals surface area contributed by atoms with E-state index in [0.29, 0.717) is 37.6 Å². The van der Waals surface area contributed by atoms with Crippen LogP contribution in [0.4, 0.5) is 9.59 Å². The third-order valence-corrected chi connectivity index (χ3v) is 12.7. The third kappa shape index (κ3) is 9.40. The minimum absolute atomic E-state index is 0.118. The Morgan fingerprint density at radius 3 is 1.51 bits per heavy atom. The molecule has 20 nitrogen and oxygen atoms in total. The summed E-state index contributed by atoms with van der Waals surface area (Å²) in [5.74, 6) is 0.451. The lowest BCUT2D eigenvalue weighted by Crippen LogP contribution is -2.51. The van der Waals surface area contributed by atoms with Crippen LogP contribution in [-0.2, 0) is 19.1 Å². The second kappa shape index (κ2) is 18.9. The van der Waals surface area contributed by atoms with Crippen molar-refractivity contribution in [3.05, 3.63) is 91.2 Å². The van der Waals surface area contributed by atoms with E-state index in [1.165, 1.54) is 14.2 Å². The standard InChI is InChI=1S/C44H54N14O6Si/c1-24(2)37(50-43(61)63-5)41(59)55-21-30(57-16-15-47-53-57)17-34(55)39-45-19-32(48-39)28-11-7-26(8-12-28)27-9-13-29(14-10-27)33-20-46-40(49-33)35-18-31(58-23-36(65)52-54-58)22-56(35)42(60)38(25(3)4)51-44(62)64-6/h7-16,19-20,23-25,30-31,34-35,37-38H,17-18,21-22H2,1-6,65H3,(H,45,48)(H,46,49)(H,50,61)(H,51,62)/t30-,31-,34+,35+,37+,38+/m1/s1. The zero-order chi connectivity index (χ0) is 45.9. The van der Waals surface area contributed by atoms with Crippen LogP contribution in [0.15, 0.2) is 79.5 Å². The maximum absolute atomic E-state index is 14.1. The summed E-state index contributed by atoms with van der Waals surface area (Å²) >= 11 is 0. The van der Waals surface area contributed by atoms with Crippen molar-refractivity contribution in [2.24, 2.45) is 11.8 Å². The van der Waals surface area contributed by atoms with Crippen molar-refractivity contribution >= 4 is 39.6 Å². The van der Waals surface area contributed by atoms with Crippen molar-refractivity contribution in [1.29, 1.82) is 0 Å². The van der Waals surface area contributed by atoms with Gasteiger partial charge >= 0.3 is 12.2 Å². The summed E-state index contributed by atoms with van der Waals surface area (Å²) in [5.41, 5.74) is 5.49. The summed E-state index contributed by atoms with van der Waals surface area (Å²) in [4.78, 5) is 72.6. The summed E-state index contributed by atoms with van der Waals surface area (Å²) in [6.45, 7) is 8.28. The fraction of sp³-hybridized carbons (Fsp3) is 0.409. The summed E-state index contributed by atoms with van der Waals surface area (Å²) < 4.78 is 13.2. The van der Waals surface area contributed by atoms with Crippen molar-refractivity contribution in [1.82, 2.24) is 70.4 Å². The summed E-state index contributed by atoms with van der Waals surface area (Å²) in [6, 6.07) is 13.7. The molecule has 340 valence electrons. The number of hydrogen-bond acceptors (Lipinski definition) is 12. The van der Waals surface area contributed by atoms with Gasteiger partial charge in [-0.1, -0.05) is 86.7 Å². The minimum atomic E-state index is -0.792. The maximum atomic E-state index is 14.1. The minimum Gasteiger partial charge on any atom is -0.453 e. The number of alkyl carbamates (subject to hydrolysis) is 2. The number of aromatic nitrogens is 10. The molecular weight excluding hydrogens is 849 g/mol. The van der Waals surface area contributed by atoms with Crippen molar-refractivity contribution in [3.8, 4) is 33.6 Å². The number of aromatic amines is 2. The molecule has 2 saturated heterocycles. The van der Waals surface area contributed by atoms with Gasteiger partial charge in [-0.2, -0.15) is 0 Å². The lowest BCUT2D eigenvalue weighted by atomic mass is 10.0.